The van der Waals surface area contributed by atoms with Gasteiger partial charge in [0.25, 0.3) is 0 Å². The van der Waals surface area contributed by atoms with Crippen molar-refractivity contribution in [1.29, 1.82) is 0 Å². The Hall–Kier alpha value is -3.68. The normalized spacial score (nSPS) is 14.5. The summed E-state index contributed by atoms with van der Waals surface area (Å²) in [5.41, 5.74) is 5.25. The van der Waals surface area contributed by atoms with Gasteiger partial charge in [0.05, 0.1) is 11.7 Å². The number of piperazine rings is 1. The lowest BCUT2D eigenvalue weighted by Crippen LogP contribution is -2.45. The zero-order valence-corrected chi connectivity index (χ0v) is 16.1. The molecular weight excluding hydrogens is 366 g/mol. The van der Waals surface area contributed by atoms with Crippen LogP contribution in [0, 0.1) is 0 Å². The van der Waals surface area contributed by atoms with Crippen LogP contribution in [0.15, 0.2) is 55.2 Å². The highest BCUT2D eigenvalue weighted by molar-refractivity contribution is 5.84. The zero-order valence-electron chi connectivity index (χ0n) is 16.1. The Morgan fingerprint density at radius 1 is 0.931 bits per heavy atom. The van der Waals surface area contributed by atoms with Crippen LogP contribution in [0.3, 0.4) is 0 Å². The minimum Gasteiger partial charge on any atom is -0.353 e. The number of hydrogen-bond donors (Lipinski definition) is 0. The van der Waals surface area contributed by atoms with Gasteiger partial charge in [-0.05, 0) is 24.3 Å². The number of hydrogen-bond acceptors (Lipinski definition) is 5. The number of aryl methyl sites for hydroxylation is 1. The summed E-state index contributed by atoms with van der Waals surface area (Å²) >= 11 is 0. The van der Waals surface area contributed by atoms with Gasteiger partial charge < -0.3 is 9.80 Å². The second kappa shape index (κ2) is 7.05. The van der Waals surface area contributed by atoms with Gasteiger partial charge in [-0.3, -0.25) is 9.48 Å². The monoisotopic (exact) mass is 387 g/mol. The molecule has 0 unspecified atom stereocenters. The second-order valence-corrected chi connectivity index (χ2v) is 7.24. The Labute approximate surface area is 168 Å². The number of amides is 1. The van der Waals surface area contributed by atoms with E-state index in [1.165, 1.54) is 0 Å². The van der Waals surface area contributed by atoms with Crippen molar-refractivity contribution < 1.29 is 4.79 Å². The lowest BCUT2D eigenvalue weighted by molar-refractivity contribution is -0.118. The van der Waals surface area contributed by atoms with Crippen LogP contribution < -0.4 is 4.90 Å². The quantitative estimate of drug-likeness (QED) is 0.502. The van der Waals surface area contributed by atoms with Gasteiger partial charge in [-0.2, -0.15) is 10.2 Å². The predicted octanol–water partition coefficient (Wildman–Crippen LogP) is 2.08. The highest BCUT2D eigenvalue weighted by Crippen LogP contribution is 2.30. The van der Waals surface area contributed by atoms with E-state index < -0.39 is 0 Å². The maximum Gasteiger partial charge on any atom is 0.209 e. The van der Waals surface area contributed by atoms with Crippen LogP contribution in [0.2, 0.25) is 0 Å². The van der Waals surface area contributed by atoms with Gasteiger partial charge in [0, 0.05) is 80.3 Å². The number of fused-ring (bicyclic) bond motifs is 1. The lowest BCUT2D eigenvalue weighted by Gasteiger charge is -2.33. The lowest BCUT2D eigenvalue weighted by atomic mass is 10.0. The van der Waals surface area contributed by atoms with Crippen molar-refractivity contribution in [3.63, 3.8) is 0 Å². The van der Waals surface area contributed by atoms with E-state index in [4.69, 9.17) is 4.98 Å². The van der Waals surface area contributed by atoms with E-state index in [9.17, 15) is 4.79 Å². The Balaban J connectivity index is 1.49. The Morgan fingerprint density at radius 3 is 2.48 bits per heavy atom. The van der Waals surface area contributed by atoms with E-state index in [-0.39, 0.29) is 0 Å². The number of rotatable bonds is 4. The Kier molecular flexibility index (Phi) is 4.23. The summed E-state index contributed by atoms with van der Waals surface area (Å²) in [6.07, 6.45) is 10.5. The molecule has 1 aliphatic heterocycles. The molecule has 0 radical (unpaired) electrons. The molecule has 0 N–H and O–H groups in total. The Morgan fingerprint density at radius 2 is 1.79 bits per heavy atom. The summed E-state index contributed by atoms with van der Waals surface area (Å²) in [6, 6.07) is 8.32. The minimum atomic E-state index is 0.733. The molecule has 4 aromatic heterocycles. The SMILES string of the molecule is Cn1cc(-c2cc(-c3ccc(N4CCN(C=O)CC4)nc3)c3ccnn3c2)cn1. The third kappa shape index (κ3) is 3.22. The molecule has 0 aliphatic carbocycles. The van der Waals surface area contributed by atoms with Crippen LogP contribution in [-0.4, -0.2) is 61.9 Å². The van der Waals surface area contributed by atoms with Crippen molar-refractivity contribution in [3.05, 3.63) is 55.2 Å². The van der Waals surface area contributed by atoms with Crippen molar-refractivity contribution in [2.24, 2.45) is 7.05 Å². The van der Waals surface area contributed by atoms with Crippen molar-refractivity contribution in [2.45, 2.75) is 0 Å². The molecule has 4 aromatic rings. The maximum atomic E-state index is 10.9. The predicted molar refractivity (Wildman–Crippen MR) is 110 cm³/mol. The third-order valence-corrected chi connectivity index (χ3v) is 5.39. The fourth-order valence-corrected chi connectivity index (χ4v) is 3.78. The van der Waals surface area contributed by atoms with Crippen molar-refractivity contribution in [1.82, 2.24) is 29.3 Å². The average molecular weight is 387 g/mol. The molecule has 0 spiro atoms. The summed E-state index contributed by atoms with van der Waals surface area (Å²) in [4.78, 5) is 19.6. The first-order valence-electron chi connectivity index (χ1n) is 9.58. The fourth-order valence-electron chi connectivity index (χ4n) is 3.78. The summed E-state index contributed by atoms with van der Waals surface area (Å²) in [5.74, 6) is 0.937. The standard InChI is InChI=1S/C21H21N7O/c1-25-13-18(12-24-25)17-10-19(20-4-5-23-28(20)14-17)16-2-3-21(22-11-16)27-8-6-26(15-29)7-9-27/h2-5,10-15H,6-9H2,1H3. The van der Waals surface area contributed by atoms with E-state index in [1.54, 1.807) is 15.8 Å². The molecule has 0 atom stereocenters. The zero-order chi connectivity index (χ0) is 19.8. The fraction of sp³-hybridized carbons (Fsp3) is 0.238. The van der Waals surface area contributed by atoms with Crippen LogP contribution >= 0.6 is 0 Å². The number of pyridine rings is 2. The number of anilines is 1. The van der Waals surface area contributed by atoms with Gasteiger partial charge in [0.1, 0.15) is 5.82 Å². The third-order valence-electron chi connectivity index (χ3n) is 5.39. The molecule has 0 bridgehead atoms. The number of nitrogens with zero attached hydrogens (tertiary/aromatic N) is 7. The molecule has 29 heavy (non-hydrogen) atoms. The van der Waals surface area contributed by atoms with Gasteiger partial charge in [-0.15, -0.1) is 0 Å². The van der Waals surface area contributed by atoms with Gasteiger partial charge >= 0.3 is 0 Å². The molecular formula is C21H21N7O. The summed E-state index contributed by atoms with van der Waals surface area (Å²) in [7, 11) is 1.91. The van der Waals surface area contributed by atoms with E-state index in [2.05, 4.69) is 33.3 Å². The first kappa shape index (κ1) is 17.4. The summed E-state index contributed by atoms with van der Waals surface area (Å²) in [5, 5.41) is 8.71. The molecule has 0 aromatic carbocycles. The van der Waals surface area contributed by atoms with Gasteiger partial charge in [-0.25, -0.2) is 9.50 Å². The molecule has 0 saturated carbocycles. The number of carbonyl (C=O) groups is 1. The van der Waals surface area contributed by atoms with Gasteiger partial charge in [-0.1, -0.05) is 0 Å². The van der Waals surface area contributed by atoms with Crippen LogP contribution in [0.4, 0.5) is 5.82 Å². The number of carbonyl (C=O) groups excluding carboxylic acids is 1. The van der Waals surface area contributed by atoms with E-state index in [1.807, 2.05) is 42.4 Å². The van der Waals surface area contributed by atoms with Gasteiger partial charge in [0.2, 0.25) is 6.41 Å². The highest BCUT2D eigenvalue weighted by atomic mass is 16.1. The smallest absolute Gasteiger partial charge is 0.209 e. The summed E-state index contributed by atoms with van der Waals surface area (Å²) in [6.45, 7) is 3.07. The van der Waals surface area contributed by atoms with Crippen LogP contribution in [0.1, 0.15) is 0 Å². The van der Waals surface area contributed by atoms with Crippen LogP contribution in [-0.2, 0) is 11.8 Å². The van der Waals surface area contributed by atoms with E-state index in [0.717, 1.165) is 66.2 Å². The largest absolute Gasteiger partial charge is 0.353 e. The molecule has 5 rings (SSSR count). The average Bonchev–Trinajstić information content (AvgIpc) is 3.42. The first-order chi connectivity index (χ1) is 14.2. The first-order valence-corrected chi connectivity index (χ1v) is 9.58. The second-order valence-electron chi connectivity index (χ2n) is 7.24. The minimum absolute atomic E-state index is 0.733. The molecule has 5 heterocycles. The Bertz CT molecular complexity index is 1150. The molecule has 146 valence electrons. The maximum absolute atomic E-state index is 10.9. The van der Waals surface area contributed by atoms with E-state index in [0.29, 0.717) is 0 Å². The van der Waals surface area contributed by atoms with Gasteiger partial charge in [0.15, 0.2) is 0 Å². The van der Waals surface area contributed by atoms with Crippen molar-refractivity contribution in [3.8, 4) is 22.3 Å². The van der Waals surface area contributed by atoms with E-state index >= 15 is 0 Å². The topological polar surface area (TPSA) is 71.6 Å². The summed E-state index contributed by atoms with van der Waals surface area (Å²) < 4.78 is 3.69. The van der Waals surface area contributed by atoms with Crippen LogP contribution in [0.25, 0.3) is 27.8 Å². The molecule has 8 heteroatoms. The molecule has 1 fully saturated rings. The van der Waals surface area contributed by atoms with Crippen LogP contribution in [0.5, 0.6) is 0 Å². The van der Waals surface area contributed by atoms with Crippen molar-refractivity contribution >= 4 is 17.7 Å². The molecule has 1 amide bonds. The molecule has 1 saturated heterocycles. The number of aromatic nitrogens is 5. The molecule has 1 aliphatic rings. The highest BCUT2D eigenvalue weighted by Gasteiger charge is 2.17. The van der Waals surface area contributed by atoms with Crippen molar-refractivity contribution in [2.75, 3.05) is 31.1 Å². The molecule has 8 nitrogen and oxygen atoms in total.